The molecule has 6 nitrogen and oxygen atoms in total. The van der Waals surface area contributed by atoms with Crippen LogP contribution in [0.3, 0.4) is 0 Å². The van der Waals surface area contributed by atoms with Crippen molar-refractivity contribution in [1.29, 1.82) is 0 Å². The van der Waals surface area contributed by atoms with E-state index in [1.165, 1.54) is 18.3 Å². The lowest BCUT2D eigenvalue weighted by molar-refractivity contribution is 0.0922. The summed E-state index contributed by atoms with van der Waals surface area (Å²) in [6, 6.07) is 19.0. The van der Waals surface area contributed by atoms with Crippen molar-refractivity contribution in [3.05, 3.63) is 95.2 Å². The largest absolute Gasteiger partial charge is 0.348 e. The van der Waals surface area contributed by atoms with Crippen molar-refractivity contribution in [3.63, 3.8) is 0 Å². The van der Waals surface area contributed by atoms with Crippen LogP contribution in [0.25, 0.3) is 0 Å². The van der Waals surface area contributed by atoms with E-state index in [4.69, 9.17) is 0 Å². The smallest absolute Gasteiger partial charge is 0.267 e. The van der Waals surface area contributed by atoms with Crippen LogP contribution in [-0.4, -0.2) is 22.7 Å². The lowest BCUT2D eigenvalue weighted by atomic mass is 10.1. The molecular weight excluding hydrogens is 342 g/mol. The fourth-order valence-electron chi connectivity index (χ4n) is 2.96. The second-order valence-corrected chi connectivity index (χ2v) is 6.06. The van der Waals surface area contributed by atoms with Gasteiger partial charge in [-0.05, 0) is 35.9 Å². The van der Waals surface area contributed by atoms with Gasteiger partial charge in [0.25, 0.3) is 17.7 Å². The number of anilines is 1. The molecule has 0 spiro atoms. The van der Waals surface area contributed by atoms with Gasteiger partial charge in [-0.15, -0.1) is 0 Å². The first-order chi connectivity index (χ1) is 13.1. The maximum absolute atomic E-state index is 12.7. The van der Waals surface area contributed by atoms with Gasteiger partial charge in [-0.1, -0.05) is 36.4 Å². The molecule has 0 radical (unpaired) electrons. The number of carbonyl (C=O) groups excluding carboxylic acids is 3. The Labute approximate surface area is 155 Å². The summed E-state index contributed by atoms with van der Waals surface area (Å²) in [4.78, 5) is 42.8. The Kier molecular flexibility index (Phi) is 4.22. The third kappa shape index (κ3) is 3.08. The van der Waals surface area contributed by atoms with Crippen LogP contribution in [0.1, 0.15) is 36.6 Å². The molecule has 27 heavy (non-hydrogen) atoms. The fraction of sp³-hybridized carbons (Fsp3) is 0.0476. The van der Waals surface area contributed by atoms with Gasteiger partial charge in [0, 0.05) is 18.3 Å². The normalized spacial score (nSPS) is 12.8. The molecule has 6 heteroatoms. The molecule has 0 atom stereocenters. The first-order valence-electron chi connectivity index (χ1n) is 8.41. The second-order valence-electron chi connectivity index (χ2n) is 6.06. The number of hydrogen-bond acceptors (Lipinski definition) is 4. The Morgan fingerprint density at radius 1 is 0.889 bits per heavy atom. The number of carbonyl (C=O) groups is 3. The highest BCUT2D eigenvalue weighted by molar-refractivity contribution is 6.34. The molecule has 3 aromatic rings. The van der Waals surface area contributed by atoms with E-state index in [9.17, 15) is 14.4 Å². The summed E-state index contributed by atoms with van der Waals surface area (Å²) in [6.45, 7) is 0.379. The summed E-state index contributed by atoms with van der Waals surface area (Å²) in [5.41, 5.74) is 1.77. The summed E-state index contributed by atoms with van der Waals surface area (Å²) >= 11 is 0. The highest BCUT2D eigenvalue weighted by atomic mass is 16.2. The van der Waals surface area contributed by atoms with Gasteiger partial charge >= 0.3 is 0 Å². The Balaban J connectivity index is 1.56. The van der Waals surface area contributed by atoms with Gasteiger partial charge in [0.15, 0.2) is 0 Å². The van der Waals surface area contributed by atoms with Crippen LogP contribution in [0.2, 0.25) is 0 Å². The first-order valence-corrected chi connectivity index (χ1v) is 8.41. The summed E-state index contributed by atoms with van der Waals surface area (Å²) in [5, 5.41) is 2.81. The van der Waals surface area contributed by atoms with Gasteiger partial charge in [0.05, 0.1) is 11.1 Å². The van der Waals surface area contributed by atoms with Crippen LogP contribution in [-0.2, 0) is 6.54 Å². The summed E-state index contributed by atoms with van der Waals surface area (Å²) in [7, 11) is 0. The minimum Gasteiger partial charge on any atom is -0.348 e. The van der Waals surface area contributed by atoms with Crippen LogP contribution in [0.4, 0.5) is 5.82 Å². The molecular formula is C21H15N3O3. The zero-order valence-electron chi connectivity index (χ0n) is 14.3. The lowest BCUT2D eigenvalue weighted by Gasteiger charge is -2.11. The van der Waals surface area contributed by atoms with E-state index >= 15 is 0 Å². The third-order valence-corrected chi connectivity index (χ3v) is 4.32. The predicted octanol–water partition coefficient (Wildman–Crippen LogP) is 2.81. The molecule has 0 aliphatic carbocycles. The number of benzene rings is 2. The zero-order chi connectivity index (χ0) is 18.8. The van der Waals surface area contributed by atoms with E-state index < -0.39 is 11.8 Å². The third-order valence-electron chi connectivity index (χ3n) is 4.32. The van der Waals surface area contributed by atoms with Crippen LogP contribution < -0.4 is 10.2 Å². The molecule has 1 aliphatic heterocycles. The monoisotopic (exact) mass is 357 g/mol. The van der Waals surface area contributed by atoms with Crippen molar-refractivity contribution in [1.82, 2.24) is 10.3 Å². The topological polar surface area (TPSA) is 79.4 Å². The molecule has 4 rings (SSSR count). The molecule has 132 valence electrons. The maximum atomic E-state index is 12.7. The van der Waals surface area contributed by atoms with Gasteiger partial charge in [-0.25, -0.2) is 9.88 Å². The number of imide groups is 1. The van der Waals surface area contributed by atoms with Gasteiger partial charge in [-0.3, -0.25) is 14.4 Å². The molecule has 0 saturated carbocycles. The van der Waals surface area contributed by atoms with E-state index in [0.29, 0.717) is 12.1 Å². The van der Waals surface area contributed by atoms with Gasteiger partial charge < -0.3 is 5.32 Å². The molecule has 1 aromatic heterocycles. The lowest BCUT2D eigenvalue weighted by Crippen LogP contribution is -2.30. The average molecular weight is 357 g/mol. The Morgan fingerprint density at radius 3 is 2.37 bits per heavy atom. The number of amides is 3. The number of pyridine rings is 1. The van der Waals surface area contributed by atoms with Crippen molar-refractivity contribution < 1.29 is 14.4 Å². The van der Waals surface area contributed by atoms with Gasteiger partial charge in [0.1, 0.15) is 5.82 Å². The van der Waals surface area contributed by atoms with E-state index in [2.05, 4.69) is 10.3 Å². The van der Waals surface area contributed by atoms with Gasteiger partial charge in [0.2, 0.25) is 0 Å². The Morgan fingerprint density at radius 2 is 1.63 bits per heavy atom. The quantitative estimate of drug-likeness (QED) is 0.728. The molecule has 1 N–H and O–H groups in total. The molecule has 0 saturated heterocycles. The van der Waals surface area contributed by atoms with Crippen molar-refractivity contribution in [2.45, 2.75) is 6.54 Å². The van der Waals surface area contributed by atoms with E-state index in [1.807, 2.05) is 30.3 Å². The molecule has 2 aromatic carbocycles. The number of fused-ring (bicyclic) bond motifs is 1. The Bertz CT molecular complexity index is 1030. The molecule has 2 heterocycles. The first kappa shape index (κ1) is 16.7. The molecule has 3 amide bonds. The average Bonchev–Trinajstić information content (AvgIpc) is 2.97. The van der Waals surface area contributed by atoms with E-state index in [0.717, 1.165) is 10.5 Å². The second kappa shape index (κ2) is 6.84. The molecule has 0 unspecified atom stereocenters. The predicted molar refractivity (Wildman–Crippen MR) is 99.4 cm³/mol. The highest BCUT2D eigenvalue weighted by Crippen LogP contribution is 2.27. The fourth-order valence-corrected chi connectivity index (χ4v) is 2.96. The number of nitrogens with one attached hydrogen (secondary N) is 1. The van der Waals surface area contributed by atoms with E-state index in [-0.39, 0.29) is 22.9 Å². The zero-order valence-corrected chi connectivity index (χ0v) is 14.3. The van der Waals surface area contributed by atoms with Crippen LogP contribution in [0.5, 0.6) is 0 Å². The number of rotatable bonds is 4. The summed E-state index contributed by atoms with van der Waals surface area (Å²) in [6.07, 6.45) is 1.52. The van der Waals surface area contributed by atoms with E-state index in [1.54, 1.807) is 24.3 Å². The van der Waals surface area contributed by atoms with Crippen LogP contribution in [0, 0.1) is 0 Å². The minimum atomic E-state index is -0.480. The molecule has 0 bridgehead atoms. The van der Waals surface area contributed by atoms with Crippen LogP contribution >= 0.6 is 0 Å². The molecule has 1 aliphatic rings. The number of hydrogen-bond donors (Lipinski definition) is 1. The summed E-state index contributed by atoms with van der Waals surface area (Å²) in [5.74, 6) is -0.965. The van der Waals surface area contributed by atoms with Crippen molar-refractivity contribution in [3.8, 4) is 0 Å². The number of nitrogens with zero attached hydrogens (tertiary/aromatic N) is 2. The van der Waals surface area contributed by atoms with Gasteiger partial charge in [-0.2, -0.15) is 0 Å². The van der Waals surface area contributed by atoms with Crippen LogP contribution in [0.15, 0.2) is 72.9 Å². The van der Waals surface area contributed by atoms with Crippen molar-refractivity contribution in [2.24, 2.45) is 0 Å². The standard InChI is InChI=1S/C21H15N3O3/c25-19(23-13-14-6-2-1-3-7-14)15-9-10-16-17(12-15)21(27)24(20(16)26)18-8-4-5-11-22-18/h1-12H,13H2,(H,23,25). The van der Waals surface area contributed by atoms with Crippen molar-refractivity contribution in [2.75, 3.05) is 4.90 Å². The minimum absolute atomic E-state index is 0.206. The maximum Gasteiger partial charge on any atom is 0.267 e. The number of aromatic nitrogens is 1. The summed E-state index contributed by atoms with van der Waals surface area (Å²) < 4.78 is 0. The highest BCUT2D eigenvalue weighted by Gasteiger charge is 2.37. The SMILES string of the molecule is O=C(NCc1ccccc1)c1ccc2c(c1)C(=O)N(c1ccccn1)C2=O. The van der Waals surface area contributed by atoms with Crippen molar-refractivity contribution >= 4 is 23.5 Å². The molecule has 0 fully saturated rings. The Hall–Kier alpha value is -3.80.